The summed E-state index contributed by atoms with van der Waals surface area (Å²) in [6, 6.07) is 5.14. The molecule has 2 rings (SSSR count). The summed E-state index contributed by atoms with van der Waals surface area (Å²) in [5.74, 6) is 0.264. The van der Waals surface area contributed by atoms with Crippen LogP contribution in [-0.2, 0) is 0 Å². The van der Waals surface area contributed by atoms with Gasteiger partial charge in [0.2, 0.25) is 0 Å². The molecular formula is C15H22ClFN2. The SMILES string of the molecule is CCNCC1CCCN(C)C1c1cc(F)cc(Cl)c1. The van der Waals surface area contributed by atoms with E-state index in [4.69, 9.17) is 11.6 Å². The largest absolute Gasteiger partial charge is 0.317 e. The summed E-state index contributed by atoms with van der Waals surface area (Å²) in [4.78, 5) is 2.32. The first-order valence-corrected chi connectivity index (χ1v) is 7.36. The highest BCUT2D eigenvalue weighted by molar-refractivity contribution is 6.30. The van der Waals surface area contributed by atoms with Gasteiger partial charge in [0.1, 0.15) is 5.82 Å². The van der Waals surface area contributed by atoms with Gasteiger partial charge < -0.3 is 5.32 Å². The average molecular weight is 285 g/mol. The zero-order valence-electron chi connectivity index (χ0n) is 11.6. The lowest BCUT2D eigenvalue weighted by Gasteiger charge is -2.39. The Morgan fingerprint density at radius 3 is 2.89 bits per heavy atom. The zero-order chi connectivity index (χ0) is 13.8. The standard InChI is InChI=1S/C15H22ClFN2/c1-3-18-10-11-5-4-6-19(2)15(11)12-7-13(16)9-14(17)8-12/h7-9,11,15,18H,3-6,10H2,1-2H3. The molecule has 0 amide bonds. The molecule has 0 spiro atoms. The number of nitrogens with one attached hydrogen (secondary N) is 1. The van der Waals surface area contributed by atoms with Gasteiger partial charge in [-0.3, -0.25) is 4.90 Å². The second kappa shape index (κ2) is 6.69. The zero-order valence-corrected chi connectivity index (χ0v) is 12.4. The minimum atomic E-state index is -0.247. The average Bonchev–Trinajstić information content (AvgIpc) is 2.35. The number of benzene rings is 1. The first-order valence-electron chi connectivity index (χ1n) is 6.98. The van der Waals surface area contributed by atoms with Crippen molar-refractivity contribution < 1.29 is 4.39 Å². The van der Waals surface area contributed by atoms with Gasteiger partial charge in [-0.1, -0.05) is 18.5 Å². The Balaban J connectivity index is 2.25. The van der Waals surface area contributed by atoms with E-state index < -0.39 is 0 Å². The van der Waals surface area contributed by atoms with Crippen LogP contribution in [0.2, 0.25) is 5.02 Å². The monoisotopic (exact) mass is 284 g/mol. The van der Waals surface area contributed by atoms with Crippen molar-refractivity contribution in [3.05, 3.63) is 34.6 Å². The van der Waals surface area contributed by atoms with Crippen molar-refractivity contribution in [3.8, 4) is 0 Å². The van der Waals surface area contributed by atoms with Crippen LogP contribution >= 0.6 is 11.6 Å². The molecule has 1 fully saturated rings. The van der Waals surface area contributed by atoms with Crippen LogP contribution in [0.4, 0.5) is 4.39 Å². The van der Waals surface area contributed by atoms with Gasteiger partial charge in [0.15, 0.2) is 0 Å². The molecule has 2 unspecified atom stereocenters. The second-order valence-corrected chi connectivity index (χ2v) is 5.77. The van der Waals surface area contributed by atoms with E-state index in [9.17, 15) is 4.39 Å². The molecule has 0 bridgehead atoms. The maximum atomic E-state index is 13.6. The van der Waals surface area contributed by atoms with Crippen molar-refractivity contribution in [1.29, 1.82) is 0 Å². The normalized spacial score (nSPS) is 24.6. The molecule has 0 aromatic heterocycles. The third-order valence-electron chi connectivity index (χ3n) is 3.89. The highest BCUT2D eigenvalue weighted by Crippen LogP contribution is 2.35. The quantitative estimate of drug-likeness (QED) is 0.911. The minimum absolute atomic E-state index is 0.247. The Morgan fingerprint density at radius 2 is 2.21 bits per heavy atom. The van der Waals surface area contributed by atoms with Gasteiger partial charge >= 0.3 is 0 Å². The van der Waals surface area contributed by atoms with Gasteiger partial charge in [0.25, 0.3) is 0 Å². The Morgan fingerprint density at radius 1 is 1.42 bits per heavy atom. The predicted molar refractivity (Wildman–Crippen MR) is 78.0 cm³/mol. The van der Waals surface area contributed by atoms with Crippen molar-refractivity contribution in [2.75, 3.05) is 26.7 Å². The number of hydrogen-bond donors (Lipinski definition) is 1. The number of hydrogen-bond acceptors (Lipinski definition) is 2. The summed E-state index contributed by atoms with van der Waals surface area (Å²) in [6.45, 7) is 5.11. The van der Waals surface area contributed by atoms with Gasteiger partial charge in [-0.2, -0.15) is 0 Å². The van der Waals surface area contributed by atoms with Crippen LogP contribution in [0.5, 0.6) is 0 Å². The smallest absolute Gasteiger partial charge is 0.125 e. The molecule has 19 heavy (non-hydrogen) atoms. The number of nitrogens with zero attached hydrogens (tertiary/aromatic N) is 1. The molecule has 1 aromatic rings. The number of likely N-dealkylation sites (tertiary alicyclic amines) is 1. The fourth-order valence-electron chi connectivity index (χ4n) is 3.08. The van der Waals surface area contributed by atoms with Crippen molar-refractivity contribution in [2.24, 2.45) is 5.92 Å². The van der Waals surface area contributed by atoms with Gasteiger partial charge in [-0.15, -0.1) is 0 Å². The van der Waals surface area contributed by atoms with E-state index in [1.807, 2.05) is 6.07 Å². The minimum Gasteiger partial charge on any atom is -0.317 e. The Bertz CT molecular complexity index is 404. The topological polar surface area (TPSA) is 15.3 Å². The third-order valence-corrected chi connectivity index (χ3v) is 4.11. The molecule has 4 heteroatoms. The summed E-state index contributed by atoms with van der Waals surface area (Å²) in [5, 5.41) is 3.90. The number of rotatable bonds is 4. The van der Waals surface area contributed by atoms with Crippen molar-refractivity contribution in [1.82, 2.24) is 10.2 Å². The van der Waals surface area contributed by atoms with E-state index >= 15 is 0 Å². The molecule has 1 heterocycles. The summed E-state index contributed by atoms with van der Waals surface area (Å²) >= 11 is 5.99. The molecule has 2 nitrogen and oxygen atoms in total. The lowest BCUT2D eigenvalue weighted by molar-refractivity contribution is 0.119. The lowest BCUT2D eigenvalue weighted by Crippen LogP contribution is -2.40. The van der Waals surface area contributed by atoms with E-state index in [1.54, 1.807) is 6.07 Å². The van der Waals surface area contributed by atoms with Crippen molar-refractivity contribution >= 4 is 11.6 Å². The summed E-state index contributed by atoms with van der Waals surface area (Å²) in [7, 11) is 2.11. The summed E-state index contributed by atoms with van der Waals surface area (Å²) < 4.78 is 13.6. The fourth-order valence-corrected chi connectivity index (χ4v) is 3.31. The maximum Gasteiger partial charge on any atom is 0.125 e. The highest BCUT2D eigenvalue weighted by Gasteiger charge is 2.30. The van der Waals surface area contributed by atoms with E-state index in [2.05, 4.69) is 24.2 Å². The molecule has 1 saturated heterocycles. The molecule has 0 radical (unpaired) electrons. The molecule has 2 atom stereocenters. The van der Waals surface area contributed by atoms with Crippen LogP contribution in [0, 0.1) is 11.7 Å². The molecule has 0 saturated carbocycles. The van der Waals surface area contributed by atoms with Crippen molar-refractivity contribution in [3.63, 3.8) is 0 Å². The van der Waals surface area contributed by atoms with Gasteiger partial charge in [0.05, 0.1) is 0 Å². The van der Waals surface area contributed by atoms with Crippen LogP contribution in [-0.4, -0.2) is 31.6 Å². The summed E-state index contributed by atoms with van der Waals surface area (Å²) in [6.07, 6.45) is 2.38. The van der Waals surface area contributed by atoms with Gasteiger partial charge in [0, 0.05) is 11.1 Å². The highest BCUT2D eigenvalue weighted by atomic mass is 35.5. The number of halogens is 2. The lowest BCUT2D eigenvalue weighted by atomic mass is 9.85. The van der Waals surface area contributed by atoms with Gasteiger partial charge in [-0.25, -0.2) is 4.39 Å². The molecule has 106 valence electrons. The van der Waals surface area contributed by atoms with E-state index in [-0.39, 0.29) is 11.9 Å². The maximum absolute atomic E-state index is 13.6. The predicted octanol–water partition coefficient (Wildman–Crippen LogP) is 3.47. The van der Waals surface area contributed by atoms with E-state index in [1.165, 1.54) is 18.9 Å². The van der Waals surface area contributed by atoms with Gasteiger partial charge in [-0.05, 0) is 69.2 Å². The summed E-state index contributed by atoms with van der Waals surface area (Å²) in [5.41, 5.74) is 0.995. The van der Waals surface area contributed by atoms with Crippen LogP contribution < -0.4 is 5.32 Å². The Labute approximate surface area is 119 Å². The Hall–Kier alpha value is -0.640. The molecule has 1 aromatic carbocycles. The van der Waals surface area contributed by atoms with Crippen LogP contribution in [0.1, 0.15) is 31.4 Å². The molecule has 1 aliphatic rings. The fraction of sp³-hybridized carbons (Fsp3) is 0.600. The van der Waals surface area contributed by atoms with Crippen LogP contribution in [0.3, 0.4) is 0 Å². The third kappa shape index (κ3) is 3.68. The van der Waals surface area contributed by atoms with Crippen LogP contribution in [0.15, 0.2) is 18.2 Å². The molecule has 1 aliphatic heterocycles. The first-order chi connectivity index (χ1) is 9.11. The number of piperidine rings is 1. The molecule has 1 N–H and O–H groups in total. The van der Waals surface area contributed by atoms with Crippen molar-refractivity contribution in [2.45, 2.75) is 25.8 Å². The Kier molecular flexibility index (Phi) is 5.20. The second-order valence-electron chi connectivity index (χ2n) is 5.34. The van der Waals surface area contributed by atoms with Crippen LogP contribution in [0.25, 0.3) is 0 Å². The van der Waals surface area contributed by atoms with E-state index in [0.29, 0.717) is 10.9 Å². The first kappa shape index (κ1) is 14.8. The molecule has 0 aliphatic carbocycles. The molecular weight excluding hydrogens is 263 g/mol. The van der Waals surface area contributed by atoms with E-state index in [0.717, 1.165) is 25.2 Å².